The van der Waals surface area contributed by atoms with Gasteiger partial charge in [-0.3, -0.25) is 9.59 Å². The van der Waals surface area contributed by atoms with E-state index in [4.69, 9.17) is 19.4 Å². The summed E-state index contributed by atoms with van der Waals surface area (Å²) in [6, 6.07) is 15.7. The minimum absolute atomic E-state index is 0.00313. The highest BCUT2D eigenvalue weighted by molar-refractivity contribution is 5.88. The standard InChI is InChI=1S/C54H66N8O6/c1-53(2,3)67-51(65)59-45(37-17-31-15-32(31)18-37)49(63)61-41-21-35(41)23-43(61)47-55-25-39(57-47)29-11-7-27(8-12-29)28-9-13-30(14-10-28)40-26-56-48(58-40)44-24-36-22-42(36)62(44)50(64)46(38-19-33-16-34(33)20-38)60-52(66)68-54(4,5)6/h7-14,25-26,31-38,41-46H,15-24H2,1-6H3,(H,55,57)(H,56,58)(H,59,65)(H,60,66)/t31-,32+,33-,34+,35-,36-,37?,38?,41-,42-,43+,44+,45?,46?/m1/s1. The van der Waals surface area contributed by atoms with Gasteiger partial charge in [-0.15, -0.1) is 0 Å². The number of carbonyl (C=O) groups is 4. The molecule has 8 aliphatic rings. The summed E-state index contributed by atoms with van der Waals surface area (Å²) in [5.41, 5.74) is 4.68. The van der Waals surface area contributed by atoms with Crippen LogP contribution >= 0.6 is 0 Å². The number of H-pyrrole nitrogens is 2. The number of benzene rings is 2. The van der Waals surface area contributed by atoms with Crippen molar-refractivity contribution >= 4 is 24.0 Å². The molecule has 4 heterocycles. The second-order valence-electron chi connectivity index (χ2n) is 23.9. The first-order valence-corrected chi connectivity index (χ1v) is 25.4. The lowest BCUT2D eigenvalue weighted by atomic mass is 9.93. The Hall–Kier alpha value is -5.66. The van der Waals surface area contributed by atoms with Gasteiger partial charge in [0.05, 0.1) is 35.9 Å². The molecule has 2 saturated heterocycles. The average Bonchev–Trinajstić information content (AvgIpc) is 4.23. The highest BCUT2D eigenvalue weighted by Gasteiger charge is 2.60. The third-order valence-corrected chi connectivity index (χ3v) is 16.6. The van der Waals surface area contributed by atoms with Crippen LogP contribution in [0.5, 0.6) is 0 Å². The monoisotopic (exact) mass is 923 g/mol. The molecule has 0 radical (unpaired) electrons. The molecule has 0 bridgehead atoms. The SMILES string of the molecule is CC(C)(C)OC(=O)NC(C(=O)N1[C@@H]2C[C@@H]2C[C@H]1c1ncc(-c2ccc(-c3ccc(-c4cnc([C@@H]5C[C@H]6C[C@H]6N5C(=O)C(NC(=O)OC(C)(C)C)C5C[C@@H]6C[C@@H]6C5)[nH]4)cc3)cc2)[nH]1)C1C[C@@H]2C[C@@H]2C1. The van der Waals surface area contributed by atoms with Crippen molar-refractivity contribution in [2.75, 3.05) is 0 Å². The van der Waals surface area contributed by atoms with Gasteiger partial charge >= 0.3 is 12.2 Å². The van der Waals surface area contributed by atoms with Gasteiger partial charge in [-0.2, -0.15) is 0 Å². The predicted molar refractivity (Wildman–Crippen MR) is 254 cm³/mol. The summed E-state index contributed by atoms with van der Waals surface area (Å²) in [5, 5.41) is 6.07. The maximum absolute atomic E-state index is 14.5. The molecular formula is C54H66N8O6. The molecule has 68 heavy (non-hydrogen) atoms. The maximum Gasteiger partial charge on any atom is 0.408 e. The molecule has 2 aromatic heterocycles. The molecule has 6 aliphatic carbocycles. The van der Waals surface area contributed by atoms with Crippen molar-refractivity contribution in [3.8, 4) is 33.6 Å². The summed E-state index contributed by atoms with van der Waals surface area (Å²) < 4.78 is 11.3. The third-order valence-electron chi connectivity index (χ3n) is 16.6. The molecule has 6 saturated carbocycles. The molecule has 8 fully saturated rings. The van der Waals surface area contributed by atoms with E-state index in [0.717, 1.165) is 96.7 Å². The van der Waals surface area contributed by atoms with Crippen LogP contribution in [0.25, 0.3) is 33.6 Å². The van der Waals surface area contributed by atoms with E-state index in [1.807, 2.05) is 63.7 Å². The molecule has 4 aromatic rings. The van der Waals surface area contributed by atoms with Gasteiger partial charge in [-0.25, -0.2) is 19.6 Å². The van der Waals surface area contributed by atoms with Gasteiger partial charge in [0, 0.05) is 12.1 Å². The lowest BCUT2D eigenvalue weighted by molar-refractivity contribution is -0.138. The van der Waals surface area contributed by atoms with Gasteiger partial charge in [-0.05, 0) is 175 Å². The molecule has 4 unspecified atom stereocenters. The number of imidazole rings is 2. The number of rotatable bonds is 11. The third kappa shape index (κ3) is 8.47. The van der Waals surface area contributed by atoms with Crippen LogP contribution in [-0.2, 0) is 19.1 Å². The fourth-order valence-electron chi connectivity index (χ4n) is 13.0. The Morgan fingerprint density at radius 2 is 0.868 bits per heavy atom. The minimum atomic E-state index is -0.650. The molecule has 358 valence electrons. The van der Waals surface area contributed by atoms with Gasteiger partial charge in [0.1, 0.15) is 34.9 Å². The van der Waals surface area contributed by atoms with Crippen molar-refractivity contribution < 1.29 is 28.7 Å². The summed E-state index contributed by atoms with van der Waals surface area (Å²) in [5.74, 6) is 5.44. The average molecular weight is 923 g/mol. The van der Waals surface area contributed by atoms with E-state index in [-0.39, 0.29) is 47.8 Å². The lowest BCUT2D eigenvalue weighted by Gasteiger charge is -2.34. The van der Waals surface area contributed by atoms with Crippen molar-refractivity contribution in [1.29, 1.82) is 0 Å². The van der Waals surface area contributed by atoms with E-state index in [9.17, 15) is 19.2 Å². The van der Waals surface area contributed by atoms with Crippen LogP contribution in [0.2, 0.25) is 0 Å². The number of hydrogen-bond donors (Lipinski definition) is 4. The first-order valence-electron chi connectivity index (χ1n) is 25.4. The number of fused-ring (bicyclic) bond motifs is 4. The van der Waals surface area contributed by atoms with Crippen LogP contribution in [0.15, 0.2) is 60.9 Å². The fraction of sp³-hybridized carbons (Fsp3) is 0.593. The van der Waals surface area contributed by atoms with Crippen molar-refractivity contribution in [3.05, 3.63) is 72.6 Å². The number of likely N-dealkylation sites (tertiary alicyclic amines) is 2. The zero-order valence-electron chi connectivity index (χ0n) is 40.2. The number of amides is 4. The van der Waals surface area contributed by atoms with E-state index in [2.05, 4.69) is 69.1 Å². The number of hydrogen-bond acceptors (Lipinski definition) is 8. The Morgan fingerprint density at radius 3 is 1.22 bits per heavy atom. The van der Waals surface area contributed by atoms with Crippen LogP contribution in [0, 0.1) is 47.3 Å². The number of aromatic nitrogens is 4. The van der Waals surface area contributed by atoms with Crippen molar-refractivity contribution in [2.45, 2.75) is 153 Å². The quantitative estimate of drug-likeness (QED) is 0.115. The molecule has 4 amide bonds. The van der Waals surface area contributed by atoms with E-state index in [1.54, 1.807) is 0 Å². The van der Waals surface area contributed by atoms with Gasteiger partial charge in [0.2, 0.25) is 11.8 Å². The predicted octanol–water partition coefficient (Wildman–Crippen LogP) is 9.34. The highest BCUT2D eigenvalue weighted by Crippen LogP contribution is 2.59. The Morgan fingerprint density at radius 1 is 0.515 bits per heavy atom. The Kier molecular flexibility index (Phi) is 10.2. The molecule has 14 nitrogen and oxygen atoms in total. The molecule has 2 aromatic carbocycles. The van der Waals surface area contributed by atoms with Gasteiger partial charge in [0.25, 0.3) is 0 Å². The second kappa shape index (κ2) is 15.9. The minimum Gasteiger partial charge on any atom is -0.444 e. The summed E-state index contributed by atoms with van der Waals surface area (Å²) >= 11 is 0. The normalized spacial score (nSPS) is 32.3. The summed E-state index contributed by atoms with van der Waals surface area (Å²) in [6.07, 6.45) is 12.8. The summed E-state index contributed by atoms with van der Waals surface area (Å²) in [7, 11) is 0. The Bertz CT molecular complexity index is 2430. The number of aromatic amines is 2. The van der Waals surface area contributed by atoms with Gasteiger partial charge < -0.3 is 39.9 Å². The van der Waals surface area contributed by atoms with Crippen LogP contribution in [0.3, 0.4) is 0 Å². The number of nitrogens with zero attached hydrogens (tertiary/aromatic N) is 4. The summed E-state index contributed by atoms with van der Waals surface area (Å²) in [6.45, 7) is 11.1. The Balaban J connectivity index is 0.707. The Labute approximate surface area is 398 Å². The number of ether oxygens (including phenoxy) is 2. The smallest absolute Gasteiger partial charge is 0.408 e. The number of carbonyl (C=O) groups excluding carboxylic acids is 4. The molecule has 0 spiro atoms. The number of nitrogens with one attached hydrogen (secondary N) is 4. The van der Waals surface area contributed by atoms with Crippen molar-refractivity contribution in [2.24, 2.45) is 47.3 Å². The molecule has 4 N–H and O–H groups in total. The van der Waals surface area contributed by atoms with Crippen molar-refractivity contribution in [3.63, 3.8) is 0 Å². The van der Waals surface area contributed by atoms with Crippen LogP contribution in [0.1, 0.15) is 129 Å². The van der Waals surface area contributed by atoms with Crippen LogP contribution in [0.4, 0.5) is 9.59 Å². The molecule has 2 aliphatic heterocycles. The highest BCUT2D eigenvalue weighted by atomic mass is 16.6. The van der Waals surface area contributed by atoms with Crippen LogP contribution in [-0.4, -0.2) is 89.1 Å². The maximum atomic E-state index is 14.5. The van der Waals surface area contributed by atoms with E-state index >= 15 is 0 Å². The van der Waals surface area contributed by atoms with E-state index in [0.29, 0.717) is 35.5 Å². The van der Waals surface area contributed by atoms with Gasteiger partial charge in [-0.1, -0.05) is 48.5 Å². The topological polar surface area (TPSA) is 175 Å². The number of alkyl carbamates (subject to hydrolysis) is 2. The van der Waals surface area contributed by atoms with E-state index in [1.165, 1.54) is 12.8 Å². The number of piperidine rings is 2. The fourth-order valence-corrected chi connectivity index (χ4v) is 13.0. The lowest BCUT2D eigenvalue weighted by Crippen LogP contribution is -2.53. The largest absolute Gasteiger partial charge is 0.444 e. The molecule has 14 atom stereocenters. The van der Waals surface area contributed by atoms with Crippen molar-refractivity contribution in [1.82, 2.24) is 40.4 Å². The molecule has 14 heteroatoms. The molecular weight excluding hydrogens is 857 g/mol. The zero-order valence-corrected chi connectivity index (χ0v) is 40.2. The zero-order chi connectivity index (χ0) is 47.0. The van der Waals surface area contributed by atoms with Gasteiger partial charge in [0.15, 0.2) is 0 Å². The second-order valence-corrected chi connectivity index (χ2v) is 23.9. The molecule has 12 rings (SSSR count). The first kappa shape index (κ1) is 43.6. The summed E-state index contributed by atoms with van der Waals surface area (Å²) in [4.78, 5) is 76.1. The van der Waals surface area contributed by atoms with E-state index < -0.39 is 35.5 Å². The van der Waals surface area contributed by atoms with Crippen LogP contribution < -0.4 is 10.6 Å². The first-order chi connectivity index (χ1) is 32.5.